The zero-order chi connectivity index (χ0) is 13.3. The largest absolute Gasteiger partial charge is 0.207 e. The molecule has 0 bridgehead atoms. The average Bonchev–Trinajstić information content (AvgIpc) is 2.31. The molecule has 0 saturated heterocycles. The molecule has 1 unspecified atom stereocenters. The standard InChI is InChI=1S/C14H10ClF3/c1-8-2-3-9(16)6-12(8)14(15)11-5-4-10(17)7-13(11)18/h2-7,14H,1H3. The zero-order valence-electron chi connectivity index (χ0n) is 9.55. The Balaban J connectivity index is 2.47. The molecule has 0 fully saturated rings. The SMILES string of the molecule is Cc1ccc(F)cc1C(Cl)c1ccc(F)cc1F. The van der Waals surface area contributed by atoms with Gasteiger partial charge in [-0.1, -0.05) is 12.1 Å². The summed E-state index contributed by atoms with van der Waals surface area (Å²) in [5.41, 5.74) is 1.36. The van der Waals surface area contributed by atoms with E-state index in [-0.39, 0.29) is 5.56 Å². The monoisotopic (exact) mass is 270 g/mol. The van der Waals surface area contributed by atoms with Gasteiger partial charge in [-0.3, -0.25) is 0 Å². The predicted molar refractivity (Wildman–Crippen MR) is 65.2 cm³/mol. The molecule has 2 rings (SSSR count). The number of hydrogen-bond acceptors (Lipinski definition) is 0. The lowest BCUT2D eigenvalue weighted by Gasteiger charge is -2.14. The minimum Gasteiger partial charge on any atom is -0.207 e. The smallest absolute Gasteiger partial charge is 0.131 e. The van der Waals surface area contributed by atoms with Crippen molar-refractivity contribution in [2.75, 3.05) is 0 Å². The molecule has 0 aliphatic heterocycles. The highest BCUT2D eigenvalue weighted by Crippen LogP contribution is 2.33. The third-order valence-corrected chi connectivity index (χ3v) is 3.22. The van der Waals surface area contributed by atoms with Crippen molar-refractivity contribution in [3.8, 4) is 0 Å². The summed E-state index contributed by atoms with van der Waals surface area (Å²) in [6, 6.07) is 7.30. The molecule has 1 atom stereocenters. The Morgan fingerprint density at radius 2 is 1.50 bits per heavy atom. The van der Waals surface area contributed by atoms with Crippen molar-refractivity contribution in [3.63, 3.8) is 0 Å². The van der Waals surface area contributed by atoms with Gasteiger partial charge in [-0.15, -0.1) is 11.6 Å². The summed E-state index contributed by atoms with van der Waals surface area (Å²) in [7, 11) is 0. The van der Waals surface area contributed by atoms with E-state index in [4.69, 9.17) is 11.6 Å². The molecule has 4 heteroatoms. The van der Waals surface area contributed by atoms with Gasteiger partial charge in [0.15, 0.2) is 0 Å². The van der Waals surface area contributed by atoms with E-state index in [1.807, 2.05) is 0 Å². The molecule has 2 aromatic rings. The molecule has 0 spiro atoms. The number of hydrogen-bond donors (Lipinski definition) is 0. The van der Waals surface area contributed by atoms with Crippen LogP contribution in [0.1, 0.15) is 22.1 Å². The van der Waals surface area contributed by atoms with Gasteiger partial charge in [-0.25, -0.2) is 13.2 Å². The normalized spacial score (nSPS) is 12.5. The molecule has 0 radical (unpaired) electrons. The van der Waals surface area contributed by atoms with Crippen LogP contribution in [0.15, 0.2) is 36.4 Å². The Morgan fingerprint density at radius 3 is 2.17 bits per heavy atom. The molecular formula is C14H10ClF3. The molecule has 2 aromatic carbocycles. The summed E-state index contributed by atoms with van der Waals surface area (Å²) in [6.07, 6.45) is 0. The topological polar surface area (TPSA) is 0 Å². The first-order valence-corrected chi connectivity index (χ1v) is 5.78. The minimum absolute atomic E-state index is 0.131. The van der Waals surface area contributed by atoms with Crippen LogP contribution in [-0.2, 0) is 0 Å². The highest BCUT2D eigenvalue weighted by Gasteiger charge is 2.18. The zero-order valence-corrected chi connectivity index (χ0v) is 10.3. The van der Waals surface area contributed by atoms with Gasteiger partial charge in [-0.05, 0) is 36.2 Å². The fraction of sp³-hybridized carbons (Fsp3) is 0.143. The highest BCUT2D eigenvalue weighted by atomic mass is 35.5. The van der Waals surface area contributed by atoms with Crippen LogP contribution in [-0.4, -0.2) is 0 Å². The first-order valence-electron chi connectivity index (χ1n) is 5.34. The number of aryl methyl sites for hydroxylation is 1. The molecule has 0 nitrogen and oxygen atoms in total. The van der Waals surface area contributed by atoms with E-state index in [2.05, 4.69) is 0 Å². The number of rotatable bonds is 2. The molecular weight excluding hydrogens is 261 g/mol. The van der Waals surface area contributed by atoms with Crippen molar-refractivity contribution in [3.05, 3.63) is 70.5 Å². The van der Waals surface area contributed by atoms with E-state index in [1.54, 1.807) is 13.0 Å². The lowest BCUT2D eigenvalue weighted by Crippen LogP contribution is -2.00. The van der Waals surface area contributed by atoms with E-state index in [9.17, 15) is 13.2 Å². The van der Waals surface area contributed by atoms with Gasteiger partial charge in [0, 0.05) is 11.6 Å². The van der Waals surface area contributed by atoms with Crippen LogP contribution in [0.2, 0.25) is 0 Å². The molecule has 18 heavy (non-hydrogen) atoms. The molecule has 0 aromatic heterocycles. The van der Waals surface area contributed by atoms with Crippen molar-refractivity contribution in [2.24, 2.45) is 0 Å². The van der Waals surface area contributed by atoms with Gasteiger partial charge in [0.25, 0.3) is 0 Å². The molecule has 0 heterocycles. The number of halogens is 4. The summed E-state index contributed by atoms with van der Waals surface area (Å²) >= 11 is 6.14. The van der Waals surface area contributed by atoms with Crippen LogP contribution in [0.5, 0.6) is 0 Å². The summed E-state index contributed by atoms with van der Waals surface area (Å²) in [5, 5.41) is -0.846. The van der Waals surface area contributed by atoms with Crippen molar-refractivity contribution >= 4 is 11.6 Å². The first kappa shape index (κ1) is 13.0. The van der Waals surface area contributed by atoms with Gasteiger partial charge < -0.3 is 0 Å². The van der Waals surface area contributed by atoms with E-state index in [1.165, 1.54) is 18.2 Å². The molecule has 94 valence electrons. The van der Waals surface area contributed by atoms with E-state index < -0.39 is 22.8 Å². The van der Waals surface area contributed by atoms with Gasteiger partial charge in [0.1, 0.15) is 17.5 Å². The summed E-state index contributed by atoms with van der Waals surface area (Å²) in [5.74, 6) is -1.85. The lowest BCUT2D eigenvalue weighted by molar-refractivity contribution is 0.573. The Labute approximate surface area is 108 Å². The van der Waals surface area contributed by atoms with Crippen LogP contribution in [0.4, 0.5) is 13.2 Å². The lowest BCUT2D eigenvalue weighted by atomic mass is 9.99. The molecule has 0 amide bonds. The van der Waals surface area contributed by atoms with Crippen molar-refractivity contribution in [1.82, 2.24) is 0 Å². The number of benzene rings is 2. The average molecular weight is 271 g/mol. The second-order valence-electron chi connectivity index (χ2n) is 4.03. The van der Waals surface area contributed by atoms with Gasteiger partial charge >= 0.3 is 0 Å². The molecule has 0 aliphatic rings. The minimum atomic E-state index is -0.846. The molecule has 0 saturated carbocycles. The predicted octanol–water partition coefficient (Wildman–Crippen LogP) is 4.74. The second-order valence-corrected chi connectivity index (χ2v) is 4.47. The molecule has 0 aliphatic carbocycles. The Morgan fingerprint density at radius 1 is 0.889 bits per heavy atom. The molecule has 0 N–H and O–H groups in total. The van der Waals surface area contributed by atoms with Crippen molar-refractivity contribution < 1.29 is 13.2 Å². The van der Waals surface area contributed by atoms with Crippen LogP contribution in [0.3, 0.4) is 0 Å². The quantitative estimate of drug-likeness (QED) is 0.692. The first-order chi connectivity index (χ1) is 8.49. The van der Waals surface area contributed by atoms with Gasteiger partial charge in [0.05, 0.1) is 5.38 Å². The maximum atomic E-state index is 13.6. The summed E-state index contributed by atoms with van der Waals surface area (Å²) in [6.45, 7) is 1.76. The third kappa shape index (κ3) is 2.51. The van der Waals surface area contributed by atoms with Crippen LogP contribution in [0, 0.1) is 24.4 Å². The Bertz CT molecular complexity index is 581. The maximum Gasteiger partial charge on any atom is 0.131 e. The fourth-order valence-electron chi connectivity index (χ4n) is 1.76. The number of alkyl halides is 1. The second kappa shape index (κ2) is 5.02. The maximum absolute atomic E-state index is 13.6. The third-order valence-electron chi connectivity index (χ3n) is 2.75. The van der Waals surface area contributed by atoms with Crippen LogP contribution < -0.4 is 0 Å². The summed E-state index contributed by atoms with van der Waals surface area (Å²) in [4.78, 5) is 0. The van der Waals surface area contributed by atoms with E-state index >= 15 is 0 Å². The fourth-order valence-corrected chi connectivity index (χ4v) is 2.17. The Hall–Kier alpha value is -1.48. The van der Waals surface area contributed by atoms with Crippen molar-refractivity contribution in [1.29, 1.82) is 0 Å². The summed E-state index contributed by atoms with van der Waals surface area (Å²) < 4.78 is 39.6. The highest BCUT2D eigenvalue weighted by molar-refractivity contribution is 6.22. The van der Waals surface area contributed by atoms with E-state index in [0.29, 0.717) is 5.56 Å². The van der Waals surface area contributed by atoms with Crippen LogP contribution in [0.25, 0.3) is 0 Å². The van der Waals surface area contributed by atoms with Crippen LogP contribution >= 0.6 is 11.6 Å². The van der Waals surface area contributed by atoms with Crippen molar-refractivity contribution in [2.45, 2.75) is 12.3 Å². The van der Waals surface area contributed by atoms with Gasteiger partial charge in [-0.2, -0.15) is 0 Å². The Kier molecular flexibility index (Phi) is 3.62. The van der Waals surface area contributed by atoms with Gasteiger partial charge in [0.2, 0.25) is 0 Å². The van der Waals surface area contributed by atoms with E-state index in [0.717, 1.165) is 17.7 Å².